The van der Waals surface area contributed by atoms with Crippen molar-refractivity contribution in [1.82, 2.24) is 19.4 Å². The lowest BCUT2D eigenvalue weighted by atomic mass is 10.0. The summed E-state index contributed by atoms with van der Waals surface area (Å²) >= 11 is 1.88. The third-order valence-corrected chi connectivity index (χ3v) is 12.3. The Labute approximate surface area is 325 Å². The third-order valence-electron chi connectivity index (χ3n) is 11.2. The standard InChI is InChI=1S/C51H30N4S/c1-3-12-31(13-4-1)32-24-26-34(27-25-32)50-52-49(33-14-5-2-6-15-33)53-51(54-50)35-28-29-43-41(30-35)40-20-9-19-39-38-18-11-23-45-47(38)46-37(17-10-22-44(46)56-45)36-16-7-8-21-42(36)55(43)48(39)40/h1-30H. The normalized spacial score (nSPS) is 11.9. The van der Waals surface area contributed by atoms with E-state index in [1.54, 1.807) is 0 Å². The number of hydrogen-bond donors (Lipinski definition) is 0. The molecule has 5 heteroatoms. The van der Waals surface area contributed by atoms with Crippen molar-refractivity contribution in [2.24, 2.45) is 0 Å². The largest absolute Gasteiger partial charge is 0.308 e. The molecule has 0 radical (unpaired) electrons. The van der Waals surface area contributed by atoms with Gasteiger partial charge < -0.3 is 4.40 Å². The summed E-state index contributed by atoms with van der Waals surface area (Å²) in [7, 11) is 0. The predicted molar refractivity (Wildman–Crippen MR) is 235 cm³/mol. The summed E-state index contributed by atoms with van der Waals surface area (Å²) in [5.74, 6) is 1.93. The van der Waals surface area contributed by atoms with Crippen LogP contribution in [0.15, 0.2) is 182 Å². The van der Waals surface area contributed by atoms with Crippen LogP contribution >= 0.6 is 11.3 Å². The average molecular weight is 731 g/mol. The smallest absolute Gasteiger partial charge is 0.164 e. The van der Waals surface area contributed by atoms with Crippen LogP contribution in [-0.2, 0) is 0 Å². The first-order valence-electron chi connectivity index (χ1n) is 18.9. The average Bonchev–Trinajstić information content (AvgIpc) is 3.83. The summed E-state index contributed by atoms with van der Waals surface area (Å²) in [5, 5.41) is 9.98. The zero-order valence-electron chi connectivity index (χ0n) is 30.0. The molecule has 0 bridgehead atoms. The van der Waals surface area contributed by atoms with Crippen LogP contribution in [0.4, 0.5) is 0 Å². The Morgan fingerprint density at radius 1 is 0.321 bits per heavy atom. The molecular formula is C51H30N4S. The topological polar surface area (TPSA) is 43.1 Å². The second-order valence-corrected chi connectivity index (χ2v) is 15.4. The third kappa shape index (κ3) is 4.68. The summed E-state index contributed by atoms with van der Waals surface area (Å²) < 4.78 is 5.10. The van der Waals surface area contributed by atoms with E-state index in [0.29, 0.717) is 17.5 Å². The Morgan fingerprint density at radius 2 is 0.768 bits per heavy atom. The van der Waals surface area contributed by atoms with Crippen LogP contribution in [0, 0.1) is 0 Å². The van der Waals surface area contributed by atoms with Gasteiger partial charge in [-0.05, 0) is 58.3 Å². The van der Waals surface area contributed by atoms with Gasteiger partial charge in [0.1, 0.15) is 0 Å². The molecule has 56 heavy (non-hydrogen) atoms. The van der Waals surface area contributed by atoms with Crippen molar-refractivity contribution in [3.8, 4) is 45.3 Å². The fourth-order valence-electron chi connectivity index (χ4n) is 8.68. The molecule has 4 aromatic heterocycles. The molecule has 0 atom stereocenters. The molecule has 0 aliphatic carbocycles. The van der Waals surface area contributed by atoms with Crippen molar-refractivity contribution in [1.29, 1.82) is 0 Å². The van der Waals surface area contributed by atoms with Crippen LogP contribution in [0.5, 0.6) is 0 Å². The maximum atomic E-state index is 5.16. The highest BCUT2D eigenvalue weighted by atomic mass is 32.1. The van der Waals surface area contributed by atoms with Gasteiger partial charge in [0.15, 0.2) is 17.5 Å². The molecule has 260 valence electrons. The van der Waals surface area contributed by atoms with E-state index in [1.165, 1.54) is 63.7 Å². The van der Waals surface area contributed by atoms with E-state index in [4.69, 9.17) is 15.0 Å². The molecule has 0 saturated carbocycles. The fourth-order valence-corrected chi connectivity index (χ4v) is 9.84. The number of benzene rings is 8. The van der Waals surface area contributed by atoms with Gasteiger partial charge in [-0.2, -0.15) is 0 Å². The predicted octanol–water partition coefficient (Wildman–Crippen LogP) is 13.8. The van der Waals surface area contributed by atoms with E-state index in [0.717, 1.165) is 33.2 Å². The van der Waals surface area contributed by atoms with Crippen molar-refractivity contribution >= 4 is 80.4 Å². The van der Waals surface area contributed by atoms with Gasteiger partial charge in [-0.25, -0.2) is 15.0 Å². The summed E-state index contributed by atoms with van der Waals surface area (Å²) in [6.45, 7) is 0. The van der Waals surface area contributed by atoms with Crippen LogP contribution in [0.3, 0.4) is 0 Å². The Hall–Kier alpha value is -7.21. The monoisotopic (exact) mass is 730 g/mol. The Kier molecular flexibility index (Phi) is 6.76. The van der Waals surface area contributed by atoms with Crippen molar-refractivity contribution in [2.45, 2.75) is 0 Å². The number of thiophene rings is 1. The molecule has 0 unspecified atom stereocenters. The van der Waals surface area contributed by atoms with Crippen LogP contribution in [0.25, 0.3) is 114 Å². The number of aromatic nitrogens is 4. The van der Waals surface area contributed by atoms with Crippen molar-refractivity contribution in [2.75, 3.05) is 0 Å². The van der Waals surface area contributed by atoms with Gasteiger partial charge in [-0.3, -0.25) is 0 Å². The van der Waals surface area contributed by atoms with Crippen molar-refractivity contribution < 1.29 is 0 Å². The summed E-state index contributed by atoms with van der Waals surface area (Å²) in [4.78, 5) is 15.3. The molecule has 4 nitrogen and oxygen atoms in total. The van der Waals surface area contributed by atoms with Crippen LogP contribution in [0.2, 0.25) is 0 Å². The summed E-state index contributed by atoms with van der Waals surface area (Å²) in [6, 6.07) is 65.0. The first-order chi connectivity index (χ1) is 27.8. The quantitative estimate of drug-likeness (QED) is 0.181. The van der Waals surface area contributed by atoms with E-state index >= 15 is 0 Å². The lowest BCUT2D eigenvalue weighted by Gasteiger charge is -2.09. The lowest BCUT2D eigenvalue weighted by molar-refractivity contribution is 1.07. The highest BCUT2D eigenvalue weighted by Gasteiger charge is 2.19. The maximum Gasteiger partial charge on any atom is 0.164 e. The van der Waals surface area contributed by atoms with E-state index < -0.39 is 0 Å². The van der Waals surface area contributed by atoms with E-state index in [-0.39, 0.29) is 0 Å². The molecule has 0 fully saturated rings. The van der Waals surface area contributed by atoms with Gasteiger partial charge >= 0.3 is 0 Å². The molecule has 0 spiro atoms. The van der Waals surface area contributed by atoms with Gasteiger partial charge in [-0.15, -0.1) is 11.3 Å². The van der Waals surface area contributed by atoms with Gasteiger partial charge in [0.25, 0.3) is 0 Å². The summed E-state index contributed by atoms with van der Waals surface area (Å²) in [5.41, 5.74) is 8.66. The minimum atomic E-state index is 0.640. The minimum Gasteiger partial charge on any atom is -0.308 e. The SMILES string of the molecule is c1ccc(-c2ccc(-c3nc(-c4ccccc4)nc(-c4ccc5c(c4)c4cccc6c7cccc8sc9cccc(c%10ccccc%10n5c64)c9c87)n3)cc2)cc1. The van der Waals surface area contributed by atoms with Crippen molar-refractivity contribution in [3.05, 3.63) is 182 Å². The van der Waals surface area contributed by atoms with Crippen molar-refractivity contribution in [3.63, 3.8) is 0 Å². The molecular weight excluding hydrogens is 701 g/mol. The first kappa shape index (κ1) is 31.2. The maximum absolute atomic E-state index is 5.16. The summed E-state index contributed by atoms with van der Waals surface area (Å²) in [6.07, 6.45) is 0. The lowest BCUT2D eigenvalue weighted by Crippen LogP contribution is -2.00. The molecule has 12 aromatic rings. The number of para-hydroxylation sites is 2. The molecule has 8 aromatic carbocycles. The van der Waals surface area contributed by atoms with Crippen LogP contribution < -0.4 is 0 Å². The molecule has 0 aliphatic heterocycles. The molecule has 0 N–H and O–H groups in total. The Balaban J connectivity index is 1.14. The molecule has 0 aliphatic rings. The number of nitrogens with zero attached hydrogens (tertiary/aromatic N) is 4. The molecule has 12 rings (SSSR count). The van der Waals surface area contributed by atoms with Gasteiger partial charge in [0.05, 0.1) is 16.6 Å². The Morgan fingerprint density at radius 3 is 1.46 bits per heavy atom. The zero-order chi connectivity index (χ0) is 36.7. The van der Waals surface area contributed by atoms with Gasteiger partial charge in [0.2, 0.25) is 0 Å². The first-order valence-corrected chi connectivity index (χ1v) is 19.7. The van der Waals surface area contributed by atoms with Crippen LogP contribution in [-0.4, -0.2) is 19.4 Å². The number of rotatable bonds is 4. The van der Waals surface area contributed by atoms with Gasteiger partial charge in [-0.1, -0.05) is 146 Å². The second kappa shape index (κ2) is 12.2. The molecule has 0 amide bonds. The van der Waals surface area contributed by atoms with E-state index in [2.05, 4.69) is 162 Å². The van der Waals surface area contributed by atoms with Gasteiger partial charge in [0, 0.05) is 58.4 Å². The number of hydrogen-bond acceptors (Lipinski definition) is 4. The minimum absolute atomic E-state index is 0.640. The Bertz CT molecular complexity index is 3510. The molecule has 0 saturated heterocycles. The zero-order valence-corrected chi connectivity index (χ0v) is 30.8. The molecule has 4 heterocycles. The highest BCUT2D eigenvalue weighted by Crippen LogP contribution is 2.45. The van der Waals surface area contributed by atoms with E-state index in [1.807, 2.05) is 35.6 Å². The van der Waals surface area contributed by atoms with Crippen LogP contribution in [0.1, 0.15) is 0 Å². The second-order valence-electron chi connectivity index (χ2n) is 14.4. The van der Waals surface area contributed by atoms with E-state index in [9.17, 15) is 0 Å². The fraction of sp³-hybridized carbons (Fsp3) is 0. The highest BCUT2D eigenvalue weighted by molar-refractivity contribution is 7.26. The number of fused-ring (bicyclic) bond motifs is 7.